The molecule has 1 rings (SSSR count). The van der Waals surface area contributed by atoms with Gasteiger partial charge in [-0.25, -0.2) is 0 Å². The Morgan fingerprint density at radius 1 is 1.22 bits per heavy atom. The van der Waals surface area contributed by atoms with Crippen molar-refractivity contribution in [3.8, 4) is 0 Å². The van der Waals surface area contributed by atoms with E-state index in [4.69, 9.17) is 5.73 Å². The fourth-order valence-corrected chi connectivity index (χ4v) is 1.58. The molecule has 1 fully saturated rings. The molecule has 1 aliphatic carbocycles. The van der Waals surface area contributed by atoms with Crippen molar-refractivity contribution in [3.63, 3.8) is 0 Å². The first-order chi connectivity index (χ1) is 4.20. The van der Waals surface area contributed by atoms with Crippen molar-refractivity contribution in [2.45, 2.75) is 39.2 Å². The molecule has 9 heavy (non-hydrogen) atoms. The Bertz CT molecular complexity index is 90.6. The second-order valence-electron chi connectivity index (χ2n) is 3.56. The van der Waals surface area contributed by atoms with E-state index >= 15 is 0 Å². The minimum absolute atomic E-state index is 0.480. The zero-order valence-electron chi connectivity index (χ0n) is 6.43. The second-order valence-corrected chi connectivity index (χ2v) is 3.56. The Labute approximate surface area is 57.6 Å². The van der Waals surface area contributed by atoms with Crippen LogP contribution in [-0.2, 0) is 0 Å². The van der Waals surface area contributed by atoms with Crippen LogP contribution in [0.25, 0.3) is 0 Å². The fourth-order valence-electron chi connectivity index (χ4n) is 1.58. The quantitative estimate of drug-likeness (QED) is 0.527. The summed E-state index contributed by atoms with van der Waals surface area (Å²) < 4.78 is 0. The maximum Gasteiger partial charge on any atom is 0.00670 e. The van der Waals surface area contributed by atoms with Gasteiger partial charge in [0.15, 0.2) is 0 Å². The van der Waals surface area contributed by atoms with Crippen LogP contribution in [0.2, 0.25) is 0 Å². The third-order valence-corrected chi connectivity index (χ3v) is 2.52. The summed E-state index contributed by atoms with van der Waals surface area (Å²) in [7, 11) is 0. The number of rotatable bonds is 0. The van der Waals surface area contributed by atoms with Gasteiger partial charge < -0.3 is 5.73 Å². The minimum Gasteiger partial charge on any atom is -0.327 e. The third-order valence-electron chi connectivity index (χ3n) is 2.52. The van der Waals surface area contributed by atoms with E-state index < -0.39 is 0 Å². The molecule has 0 aliphatic heterocycles. The molecule has 1 heteroatoms. The standard InChI is InChI=1S/C8H17N/c1-6-3-4-7(2)8(9)5-6/h6-8H,3-5,9H2,1-2H3. The third kappa shape index (κ3) is 1.68. The maximum absolute atomic E-state index is 5.87. The lowest BCUT2D eigenvalue weighted by atomic mass is 9.81. The topological polar surface area (TPSA) is 26.0 Å². The number of hydrogen-bond donors (Lipinski definition) is 1. The Morgan fingerprint density at radius 3 is 2.33 bits per heavy atom. The van der Waals surface area contributed by atoms with Gasteiger partial charge in [-0.05, 0) is 24.7 Å². The first-order valence-electron chi connectivity index (χ1n) is 3.95. The van der Waals surface area contributed by atoms with Crippen LogP contribution in [0.4, 0.5) is 0 Å². The van der Waals surface area contributed by atoms with E-state index in [2.05, 4.69) is 13.8 Å². The van der Waals surface area contributed by atoms with Crippen molar-refractivity contribution in [2.75, 3.05) is 0 Å². The molecule has 0 spiro atoms. The summed E-state index contributed by atoms with van der Waals surface area (Å²) in [6.45, 7) is 4.56. The molecule has 0 radical (unpaired) electrons. The maximum atomic E-state index is 5.87. The van der Waals surface area contributed by atoms with Crippen LogP contribution in [0.15, 0.2) is 0 Å². The minimum atomic E-state index is 0.480. The van der Waals surface area contributed by atoms with Gasteiger partial charge >= 0.3 is 0 Å². The van der Waals surface area contributed by atoms with Crippen molar-refractivity contribution in [1.82, 2.24) is 0 Å². The van der Waals surface area contributed by atoms with E-state index in [9.17, 15) is 0 Å². The van der Waals surface area contributed by atoms with E-state index in [1.54, 1.807) is 0 Å². The van der Waals surface area contributed by atoms with Gasteiger partial charge in [0.05, 0.1) is 0 Å². The molecule has 54 valence electrons. The van der Waals surface area contributed by atoms with Gasteiger partial charge in [-0.2, -0.15) is 0 Å². The van der Waals surface area contributed by atoms with Crippen LogP contribution in [0.3, 0.4) is 0 Å². The van der Waals surface area contributed by atoms with Crippen molar-refractivity contribution >= 4 is 0 Å². The summed E-state index contributed by atoms with van der Waals surface area (Å²) in [6, 6.07) is 0.480. The molecular weight excluding hydrogens is 110 g/mol. The SMILES string of the molecule is CC1CCC(C)C(N)C1. The summed E-state index contributed by atoms with van der Waals surface area (Å²) in [5.41, 5.74) is 5.87. The summed E-state index contributed by atoms with van der Waals surface area (Å²) in [4.78, 5) is 0. The predicted octanol–water partition coefficient (Wildman–Crippen LogP) is 1.77. The predicted molar refractivity (Wildman–Crippen MR) is 40.2 cm³/mol. The van der Waals surface area contributed by atoms with Crippen LogP contribution in [0.5, 0.6) is 0 Å². The average molecular weight is 127 g/mol. The normalized spacial score (nSPS) is 45.0. The first kappa shape index (κ1) is 7.07. The lowest BCUT2D eigenvalue weighted by Crippen LogP contribution is -2.34. The molecule has 0 amide bonds. The largest absolute Gasteiger partial charge is 0.327 e. The summed E-state index contributed by atoms with van der Waals surface area (Å²) in [5.74, 6) is 1.64. The molecule has 3 unspecified atom stereocenters. The molecule has 3 atom stereocenters. The van der Waals surface area contributed by atoms with Crippen LogP contribution >= 0.6 is 0 Å². The zero-order valence-corrected chi connectivity index (χ0v) is 6.43. The van der Waals surface area contributed by atoms with Gasteiger partial charge in [-0.15, -0.1) is 0 Å². The van der Waals surface area contributed by atoms with E-state index in [1.807, 2.05) is 0 Å². The molecule has 1 saturated carbocycles. The lowest BCUT2D eigenvalue weighted by molar-refractivity contribution is 0.266. The zero-order chi connectivity index (χ0) is 6.85. The first-order valence-corrected chi connectivity index (χ1v) is 3.95. The van der Waals surface area contributed by atoms with Crippen LogP contribution < -0.4 is 5.73 Å². The molecule has 0 aromatic heterocycles. The van der Waals surface area contributed by atoms with Crippen LogP contribution in [0.1, 0.15) is 33.1 Å². The van der Waals surface area contributed by atoms with Crippen molar-refractivity contribution < 1.29 is 0 Å². The highest BCUT2D eigenvalue weighted by Gasteiger charge is 2.21. The van der Waals surface area contributed by atoms with Crippen LogP contribution in [0, 0.1) is 11.8 Å². The highest BCUT2D eigenvalue weighted by Crippen LogP contribution is 2.26. The molecule has 0 aromatic carbocycles. The molecule has 1 nitrogen and oxygen atoms in total. The Hall–Kier alpha value is -0.0400. The highest BCUT2D eigenvalue weighted by molar-refractivity contribution is 4.77. The molecule has 1 aliphatic rings. The van der Waals surface area contributed by atoms with E-state index in [0.717, 1.165) is 11.8 Å². The Kier molecular flexibility index (Phi) is 2.12. The second kappa shape index (κ2) is 2.70. The number of nitrogens with two attached hydrogens (primary N) is 1. The van der Waals surface area contributed by atoms with Gasteiger partial charge in [0.25, 0.3) is 0 Å². The molecule has 0 bridgehead atoms. The van der Waals surface area contributed by atoms with Gasteiger partial charge in [-0.3, -0.25) is 0 Å². The van der Waals surface area contributed by atoms with Crippen LogP contribution in [-0.4, -0.2) is 6.04 Å². The van der Waals surface area contributed by atoms with Gasteiger partial charge in [0.1, 0.15) is 0 Å². The van der Waals surface area contributed by atoms with Crippen molar-refractivity contribution in [3.05, 3.63) is 0 Å². The Morgan fingerprint density at radius 2 is 1.89 bits per heavy atom. The van der Waals surface area contributed by atoms with E-state index in [0.29, 0.717) is 6.04 Å². The monoisotopic (exact) mass is 127 g/mol. The molecule has 0 saturated heterocycles. The molecule has 2 N–H and O–H groups in total. The fraction of sp³-hybridized carbons (Fsp3) is 1.00. The summed E-state index contributed by atoms with van der Waals surface area (Å²) in [5, 5.41) is 0. The van der Waals surface area contributed by atoms with E-state index in [-0.39, 0.29) is 0 Å². The molecular formula is C8H17N. The molecule has 0 heterocycles. The lowest BCUT2D eigenvalue weighted by Gasteiger charge is -2.29. The van der Waals surface area contributed by atoms with Gasteiger partial charge in [0, 0.05) is 6.04 Å². The van der Waals surface area contributed by atoms with E-state index in [1.165, 1.54) is 19.3 Å². The van der Waals surface area contributed by atoms with Gasteiger partial charge in [-0.1, -0.05) is 20.3 Å². The van der Waals surface area contributed by atoms with Crippen molar-refractivity contribution in [2.24, 2.45) is 17.6 Å². The highest BCUT2D eigenvalue weighted by atomic mass is 14.7. The molecule has 0 aromatic rings. The van der Waals surface area contributed by atoms with Gasteiger partial charge in [0.2, 0.25) is 0 Å². The smallest absolute Gasteiger partial charge is 0.00670 e. The number of hydrogen-bond acceptors (Lipinski definition) is 1. The average Bonchev–Trinajstić information content (AvgIpc) is 1.80. The Balaban J connectivity index is 2.35. The van der Waals surface area contributed by atoms with Crippen molar-refractivity contribution in [1.29, 1.82) is 0 Å². The summed E-state index contributed by atoms with van der Waals surface area (Å²) >= 11 is 0. The summed E-state index contributed by atoms with van der Waals surface area (Å²) in [6.07, 6.45) is 3.96.